The van der Waals surface area contributed by atoms with Crippen molar-refractivity contribution in [3.05, 3.63) is 28.8 Å². The van der Waals surface area contributed by atoms with Gasteiger partial charge in [-0.1, -0.05) is 11.6 Å². The van der Waals surface area contributed by atoms with E-state index in [1.54, 1.807) is 0 Å². The first kappa shape index (κ1) is 13.7. The van der Waals surface area contributed by atoms with Gasteiger partial charge in [0.15, 0.2) is 0 Å². The van der Waals surface area contributed by atoms with E-state index in [1.165, 1.54) is 23.1 Å². The van der Waals surface area contributed by atoms with Gasteiger partial charge in [0.05, 0.1) is 10.9 Å². The van der Waals surface area contributed by atoms with Crippen LogP contribution in [-0.2, 0) is 4.79 Å². The predicted molar refractivity (Wildman–Crippen MR) is 69.4 cm³/mol. The Morgan fingerprint density at radius 3 is 2.74 bits per heavy atom. The van der Waals surface area contributed by atoms with Crippen molar-refractivity contribution in [2.75, 3.05) is 13.1 Å². The highest BCUT2D eigenvalue weighted by Gasteiger charge is 2.28. The number of carbonyl (C=O) groups excluding carboxylic acids is 1. The molecule has 1 heterocycles. The number of piperidine rings is 1. The van der Waals surface area contributed by atoms with Crippen LogP contribution in [0.1, 0.15) is 23.2 Å². The molecule has 1 fully saturated rings. The van der Waals surface area contributed by atoms with E-state index in [0.717, 1.165) is 0 Å². The summed E-state index contributed by atoms with van der Waals surface area (Å²) in [5, 5.41) is 18.4. The second-order valence-electron chi connectivity index (χ2n) is 4.59. The Morgan fingerprint density at radius 2 is 2.11 bits per heavy atom. The number of carboxylic acid groups (broad SMARTS) is 1. The summed E-state index contributed by atoms with van der Waals surface area (Å²) in [4.78, 5) is 24.7. The summed E-state index contributed by atoms with van der Waals surface area (Å²) in [6.07, 6.45) is 1.27. The summed E-state index contributed by atoms with van der Waals surface area (Å²) in [7, 11) is 0. The van der Waals surface area contributed by atoms with Crippen LogP contribution in [0.4, 0.5) is 0 Å². The lowest BCUT2D eigenvalue weighted by Crippen LogP contribution is -2.42. The number of halogens is 1. The lowest BCUT2D eigenvalue weighted by Gasteiger charge is -2.30. The first-order chi connectivity index (χ1) is 8.99. The van der Waals surface area contributed by atoms with Crippen LogP contribution in [0.2, 0.25) is 5.02 Å². The Labute approximate surface area is 115 Å². The largest absolute Gasteiger partial charge is 0.506 e. The number of aromatic hydroxyl groups is 1. The van der Waals surface area contributed by atoms with Gasteiger partial charge in [0.1, 0.15) is 5.75 Å². The van der Waals surface area contributed by atoms with Crippen LogP contribution in [0.15, 0.2) is 18.2 Å². The molecule has 0 spiro atoms. The maximum absolute atomic E-state index is 12.2. The minimum Gasteiger partial charge on any atom is -0.506 e. The first-order valence-corrected chi connectivity index (χ1v) is 6.37. The number of hydrogen-bond donors (Lipinski definition) is 2. The molecule has 1 aromatic carbocycles. The normalized spacial score (nSPS) is 19.2. The van der Waals surface area contributed by atoms with Crippen molar-refractivity contribution >= 4 is 23.5 Å². The summed E-state index contributed by atoms with van der Waals surface area (Å²) >= 11 is 5.76. The SMILES string of the molecule is O=C(O)[C@@H]1CCCN(C(=O)c2ccc(O)c(Cl)c2)C1. The molecule has 6 heteroatoms. The Kier molecular flexibility index (Phi) is 3.95. The molecule has 1 atom stereocenters. The zero-order valence-electron chi connectivity index (χ0n) is 10.2. The molecule has 0 aromatic heterocycles. The van der Waals surface area contributed by atoms with Crippen LogP contribution in [0, 0.1) is 5.92 Å². The summed E-state index contributed by atoms with van der Waals surface area (Å²) in [6.45, 7) is 0.758. The van der Waals surface area contributed by atoms with Crippen molar-refractivity contribution in [1.82, 2.24) is 4.90 Å². The number of benzene rings is 1. The number of carbonyl (C=O) groups is 2. The number of aliphatic carboxylic acids is 1. The van der Waals surface area contributed by atoms with Crippen molar-refractivity contribution in [3.8, 4) is 5.75 Å². The molecule has 102 valence electrons. The fraction of sp³-hybridized carbons (Fsp3) is 0.385. The molecular formula is C13H14ClNO4. The third-order valence-corrected chi connectivity index (χ3v) is 3.56. The Hall–Kier alpha value is -1.75. The van der Waals surface area contributed by atoms with Gasteiger partial charge in [0, 0.05) is 18.7 Å². The minimum atomic E-state index is -0.874. The Balaban J connectivity index is 2.14. The molecule has 0 saturated carbocycles. The fourth-order valence-corrected chi connectivity index (χ4v) is 2.37. The molecule has 0 bridgehead atoms. The van der Waals surface area contributed by atoms with Crippen LogP contribution in [-0.4, -0.2) is 40.1 Å². The maximum Gasteiger partial charge on any atom is 0.308 e. The molecule has 1 aliphatic rings. The van der Waals surface area contributed by atoms with E-state index in [-0.39, 0.29) is 23.2 Å². The van der Waals surface area contributed by atoms with Crippen LogP contribution in [0.25, 0.3) is 0 Å². The van der Waals surface area contributed by atoms with Crippen molar-refractivity contribution < 1.29 is 19.8 Å². The molecule has 0 aliphatic carbocycles. The number of carboxylic acids is 1. The average Bonchev–Trinajstić information content (AvgIpc) is 2.41. The van der Waals surface area contributed by atoms with Gasteiger partial charge in [-0.3, -0.25) is 9.59 Å². The molecule has 1 aliphatic heterocycles. The van der Waals surface area contributed by atoms with E-state index in [4.69, 9.17) is 16.7 Å². The molecule has 1 amide bonds. The van der Waals surface area contributed by atoms with Gasteiger partial charge in [-0.15, -0.1) is 0 Å². The molecule has 2 N–H and O–H groups in total. The third kappa shape index (κ3) is 2.98. The molecule has 5 nitrogen and oxygen atoms in total. The summed E-state index contributed by atoms with van der Waals surface area (Å²) < 4.78 is 0. The molecule has 1 saturated heterocycles. The van der Waals surface area contributed by atoms with Crippen molar-refractivity contribution in [1.29, 1.82) is 0 Å². The number of likely N-dealkylation sites (tertiary alicyclic amines) is 1. The number of phenolic OH excluding ortho intramolecular Hbond substituents is 1. The Bertz CT molecular complexity index is 517. The van der Waals surface area contributed by atoms with E-state index in [2.05, 4.69) is 0 Å². The lowest BCUT2D eigenvalue weighted by molar-refractivity contribution is -0.143. The van der Waals surface area contributed by atoms with Gasteiger partial charge in [0.2, 0.25) is 0 Å². The lowest BCUT2D eigenvalue weighted by atomic mass is 9.97. The predicted octanol–water partition coefficient (Wildman–Crippen LogP) is 1.98. The van der Waals surface area contributed by atoms with E-state index in [1.807, 2.05) is 0 Å². The maximum atomic E-state index is 12.2. The molecule has 2 rings (SSSR count). The van der Waals surface area contributed by atoms with E-state index >= 15 is 0 Å². The Morgan fingerprint density at radius 1 is 1.37 bits per heavy atom. The van der Waals surface area contributed by atoms with E-state index in [0.29, 0.717) is 24.9 Å². The minimum absolute atomic E-state index is 0.0831. The van der Waals surface area contributed by atoms with Gasteiger partial charge < -0.3 is 15.1 Å². The quantitative estimate of drug-likeness (QED) is 0.870. The van der Waals surface area contributed by atoms with Gasteiger partial charge in [-0.05, 0) is 31.0 Å². The average molecular weight is 284 g/mol. The number of hydrogen-bond acceptors (Lipinski definition) is 3. The number of nitrogens with zero attached hydrogens (tertiary/aromatic N) is 1. The summed E-state index contributed by atoms with van der Waals surface area (Å²) in [5.74, 6) is -1.72. The third-order valence-electron chi connectivity index (χ3n) is 3.25. The first-order valence-electron chi connectivity index (χ1n) is 5.99. The standard InChI is InChI=1S/C13H14ClNO4/c14-10-6-8(3-4-11(10)16)12(17)15-5-1-2-9(7-15)13(18)19/h3-4,6,9,16H,1-2,5,7H2,(H,18,19)/t9-/m1/s1. The highest BCUT2D eigenvalue weighted by molar-refractivity contribution is 6.32. The van der Waals surface area contributed by atoms with Crippen molar-refractivity contribution in [3.63, 3.8) is 0 Å². The van der Waals surface area contributed by atoms with Gasteiger partial charge >= 0.3 is 5.97 Å². The van der Waals surface area contributed by atoms with E-state index < -0.39 is 11.9 Å². The van der Waals surface area contributed by atoms with Gasteiger partial charge in [-0.2, -0.15) is 0 Å². The number of phenols is 1. The fourth-order valence-electron chi connectivity index (χ4n) is 2.19. The monoisotopic (exact) mass is 283 g/mol. The van der Waals surface area contributed by atoms with Crippen molar-refractivity contribution in [2.45, 2.75) is 12.8 Å². The molecule has 0 unspecified atom stereocenters. The van der Waals surface area contributed by atoms with Crippen molar-refractivity contribution in [2.24, 2.45) is 5.92 Å². The van der Waals surface area contributed by atoms with Crippen LogP contribution < -0.4 is 0 Å². The number of amides is 1. The molecule has 1 aromatic rings. The topological polar surface area (TPSA) is 77.8 Å². The molecule has 0 radical (unpaired) electrons. The van der Waals surface area contributed by atoms with Crippen LogP contribution in [0.5, 0.6) is 5.75 Å². The second-order valence-corrected chi connectivity index (χ2v) is 5.00. The van der Waals surface area contributed by atoms with Gasteiger partial charge in [0.25, 0.3) is 5.91 Å². The molecule has 19 heavy (non-hydrogen) atoms. The summed E-state index contributed by atoms with van der Waals surface area (Å²) in [6, 6.07) is 4.23. The zero-order chi connectivity index (χ0) is 14.0. The van der Waals surface area contributed by atoms with Crippen LogP contribution >= 0.6 is 11.6 Å². The van der Waals surface area contributed by atoms with E-state index in [9.17, 15) is 14.7 Å². The summed E-state index contributed by atoms with van der Waals surface area (Å²) in [5.41, 5.74) is 0.355. The molecular weight excluding hydrogens is 270 g/mol. The smallest absolute Gasteiger partial charge is 0.308 e. The zero-order valence-corrected chi connectivity index (χ0v) is 10.9. The van der Waals surface area contributed by atoms with Crippen LogP contribution in [0.3, 0.4) is 0 Å². The number of rotatable bonds is 2. The second kappa shape index (κ2) is 5.48. The van der Waals surface area contributed by atoms with Gasteiger partial charge in [-0.25, -0.2) is 0 Å². The highest BCUT2D eigenvalue weighted by Crippen LogP contribution is 2.25. The highest BCUT2D eigenvalue weighted by atomic mass is 35.5.